The molecule has 0 aliphatic heterocycles. The van der Waals surface area contributed by atoms with E-state index in [0.29, 0.717) is 30.0 Å². The number of ether oxygens (including phenoxy) is 2. The fourth-order valence-corrected chi connectivity index (χ4v) is 4.24. The van der Waals surface area contributed by atoms with Gasteiger partial charge < -0.3 is 9.47 Å². The van der Waals surface area contributed by atoms with Crippen LogP contribution in [0.5, 0.6) is 5.75 Å². The van der Waals surface area contributed by atoms with E-state index in [-0.39, 0.29) is 12.5 Å². The van der Waals surface area contributed by atoms with Crippen molar-refractivity contribution in [3.8, 4) is 17.1 Å². The highest BCUT2D eigenvalue weighted by Gasteiger charge is 2.13. The molecule has 2 aromatic carbocycles. The maximum absolute atomic E-state index is 14.6. The van der Waals surface area contributed by atoms with Crippen molar-refractivity contribution in [3.05, 3.63) is 59.9 Å². The second-order valence-electron chi connectivity index (χ2n) is 11.0. The van der Waals surface area contributed by atoms with E-state index in [1.807, 2.05) is 30.3 Å². The van der Waals surface area contributed by atoms with E-state index < -0.39 is 5.82 Å². The van der Waals surface area contributed by atoms with Gasteiger partial charge in [-0.2, -0.15) is 4.68 Å². The first-order valence-electron chi connectivity index (χ1n) is 13.7. The zero-order chi connectivity index (χ0) is 26.3. The molecule has 0 saturated heterocycles. The van der Waals surface area contributed by atoms with Crippen molar-refractivity contribution in [1.29, 1.82) is 0 Å². The number of halogens is 1. The molecule has 0 aliphatic rings. The van der Waals surface area contributed by atoms with Crippen molar-refractivity contribution in [2.24, 2.45) is 5.41 Å². The SMILES string of the molecule is CC(C)(C)CCCCCCCCCCCOCn1nnnc1-c1ccc(OCc2ccccc2)c(F)c1. The Balaban J connectivity index is 1.29. The van der Waals surface area contributed by atoms with Crippen LogP contribution in [0.25, 0.3) is 11.4 Å². The third-order valence-electron chi connectivity index (χ3n) is 6.39. The Morgan fingerprint density at radius 3 is 2.19 bits per heavy atom. The average molecular weight is 511 g/mol. The van der Waals surface area contributed by atoms with E-state index >= 15 is 0 Å². The summed E-state index contributed by atoms with van der Waals surface area (Å²) in [4.78, 5) is 0. The number of aromatic nitrogens is 4. The van der Waals surface area contributed by atoms with Gasteiger partial charge >= 0.3 is 0 Å². The van der Waals surface area contributed by atoms with E-state index in [1.165, 1.54) is 63.9 Å². The zero-order valence-corrected chi connectivity index (χ0v) is 22.8. The number of benzene rings is 2. The Morgan fingerprint density at radius 1 is 0.838 bits per heavy atom. The maximum atomic E-state index is 14.6. The normalized spacial score (nSPS) is 11.7. The number of unbranched alkanes of at least 4 members (excludes halogenated alkanes) is 8. The number of hydrogen-bond acceptors (Lipinski definition) is 5. The molecule has 37 heavy (non-hydrogen) atoms. The van der Waals surface area contributed by atoms with Gasteiger partial charge in [0, 0.05) is 12.2 Å². The average Bonchev–Trinajstić information content (AvgIpc) is 3.34. The lowest BCUT2D eigenvalue weighted by molar-refractivity contribution is 0.0657. The Labute approximate surface area is 221 Å². The second kappa shape index (κ2) is 15.5. The first-order chi connectivity index (χ1) is 17.9. The van der Waals surface area contributed by atoms with Crippen molar-refractivity contribution < 1.29 is 13.9 Å². The van der Waals surface area contributed by atoms with Crippen molar-refractivity contribution >= 4 is 0 Å². The van der Waals surface area contributed by atoms with Gasteiger partial charge in [-0.05, 0) is 52.4 Å². The minimum Gasteiger partial charge on any atom is -0.486 e. The van der Waals surface area contributed by atoms with Gasteiger partial charge in [-0.25, -0.2) is 4.39 Å². The number of tetrazole rings is 1. The molecule has 0 radical (unpaired) electrons. The fourth-order valence-electron chi connectivity index (χ4n) is 4.24. The molecule has 0 bridgehead atoms. The number of nitrogens with zero attached hydrogens (tertiary/aromatic N) is 4. The monoisotopic (exact) mass is 510 g/mol. The molecule has 1 aromatic heterocycles. The van der Waals surface area contributed by atoms with Crippen LogP contribution in [0.1, 0.15) is 90.5 Å². The van der Waals surface area contributed by atoms with Crippen molar-refractivity contribution in [2.75, 3.05) is 6.61 Å². The van der Waals surface area contributed by atoms with Gasteiger partial charge in [-0.1, -0.05) is 102 Å². The highest BCUT2D eigenvalue weighted by atomic mass is 19.1. The standard InChI is InChI=1S/C30H43FN4O2/c1-30(2,3)20-14-9-7-5-4-6-8-10-15-21-36-24-35-29(32-33-34-35)26-18-19-28(27(31)22-26)37-23-25-16-12-11-13-17-25/h11-13,16-19,22H,4-10,14-15,20-21,23-24H2,1-3H3. The van der Waals surface area contributed by atoms with E-state index in [2.05, 4.69) is 36.3 Å². The Bertz CT molecular complexity index is 1030. The largest absolute Gasteiger partial charge is 0.486 e. The smallest absolute Gasteiger partial charge is 0.184 e. The van der Waals surface area contributed by atoms with Crippen LogP contribution in [0.15, 0.2) is 48.5 Å². The topological polar surface area (TPSA) is 62.1 Å². The molecule has 0 N–H and O–H groups in total. The molecule has 3 aromatic rings. The van der Waals surface area contributed by atoms with Crippen molar-refractivity contribution in [1.82, 2.24) is 20.2 Å². The van der Waals surface area contributed by atoms with Crippen LogP contribution in [0.4, 0.5) is 4.39 Å². The molecule has 0 atom stereocenters. The minimum absolute atomic E-state index is 0.198. The Hall–Kier alpha value is -2.80. The van der Waals surface area contributed by atoms with Crippen molar-refractivity contribution in [2.45, 2.75) is 98.3 Å². The fraction of sp³-hybridized carbons (Fsp3) is 0.567. The highest BCUT2D eigenvalue weighted by Crippen LogP contribution is 2.25. The van der Waals surface area contributed by atoms with E-state index in [9.17, 15) is 4.39 Å². The van der Waals surface area contributed by atoms with Crippen LogP contribution in [0.3, 0.4) is 0 Å². The van der Waals surface area contributed by atoms with Crippen LogP contribution in [0, 0.1) is 11.2 Å². The van der Waals surface area contributed by atoms with Crippen LogP contribution in [-0.4, -0.2) is 26.8 Å². The molecule has 6 nitrogen and oxygen atoms in total. The summed E-state index contributed by atoms with van der Waals surface area (Å²) in [6, 6.07) is 14.4. The molecule has 0 fully saturated rings. The molecule has 0 unspecified atom stereocenters. The molecule has 202 valence electrons. The summed E-state index contributed by atoms with van der Waals surface area (Å²) < 4.78 is 27.6. The first kappa shape index (κ1) is 28.8. The summed E-state index contributed by atoms with van der Waals surface area (Å²) >= 11 is 0. The first-order valence-corrected chi connectivity index (χ1v) is 13.7. The van der Waals surface area contributed by atoms with Gasteiger partial charge in [0.1, 0.15) is 13.3 Å². The number of rotatable bonds is 17. The summed E-state index contributed by atoms with van der Waals surface area (Å²) in [5.41, 5.74) is 2.03. The van der Waals surface area contributed by atoms with Gasteiger partial charge in [0.25, 0.3) is 0 Å². The zero-order valence-electron chi connectivity index (χ0n) is 22.8. The van der Waals surface area contributed by atoms with Crippen LogP contribution >= 0.6 is 0 Å². The lowest BCUT2D eigenvalue weighted by atomic mass is 9.89. The van der Waals surface area contributed by atoms with Gasteiger partial charge in [0.05, 0.1) is 0 Å². The molecule has 3 rings (SSSR count). The maximum Gasteiger partial charge on any atom is 0.184 e. The third-order valence-corrected chi connectivity index (χ3v) is 6.39. The van der Waals surface area contributed by atoms with E-state index in [0.717, 1.165) is 12.0 Å². The molecular formula is C30H43FN4O2. The predicted molar refractivity (Wildman–Crippen MR) is 146 cm³/mol. The number of hydrogen-bond donors (Lipinski definition) is 0. The van der Waals surface area contributed by atoms with Crippen LogP contribution < -0.4 is 4.74 Å². The summed E-state index contributed by atoms with van der Waals surface area (Å²) in [6.07, 6.45) is 12.8. The molecule has 0 amide bonds. The van der Waals surface area contributed by atoms with Gasteiger partial charge in [0.15, 0.2) is 17.4 Å². The Morgan fingerprint density at radius 2 is 1.51 bits per heavy atom. The third kappa shape index (κ3) is 11.0. The Kier molecular flexibility index (Phi) is 12.0. The molecule has 1 heterocycles. The summed E-state index contributed by atoms with van der Waals surface area (Å²) in [5.74, 6) is 0.216. The summed E-state index contributed by atoms with van der Waals surface area (Å²) in [7, 11) is 0. The van der Waals surface area contributed by atoms with Gasteiger partial charge in [0.2, 0.25) is 0 Å². The van der Waals surface area contributed by atoms with Crippen LogP contribution in [0.2, 0.25) is 0 Å². The molecule has 0 spiro atoms. The molecule has 7 heteroatoms. The van der Waals surface area contributed by atoms with Gasteiger partial charge in [-0.15, -0.1) is 5.10 Å². The minimum atomic E-state index is -0.450. The lowest BCUT2D eigenvalue weighted by Gasteiger charge is -2.17. The summed E-state index contributed by atoms with van der Waals surface area (Å²) in [6.45, 7) is 8.17. The second-order valence-corrected chi connectivity index (χ2v) is 11.0. The predicted octanol–water partition coefficient (Wildman–Crippen LogP) is 7.98. The van der Waals surface area contributed by atoms with Crippen molar-refractivity contribution in [3.63, 3.8) is 0 Å². The molecule has 0 saturated carbocycles. The molecule has 0 aliphatic carbocycles. The van der Waals surface area contributed by atoms with Gasteiger partial charge in [-0.3, -0.25) is 0 Å². The van der Waals surface area contributed by atoms with Crippen LogP contribution in [-0.2, 0) is 18.1 Å². The lowest BCUT2D eigenvalue weighted by Crippen LogP contribution is -2.07. The molecular weight excluding hydrogens is 467 g/mol. The van der Waals surface area contributed by atoms with E-state index in [4.69, 9.17) is 9.47 Å². The summed E-state index contributed by atoms with van der Waals surface area (Å²) in [5, 5.41) is 11.8. The van der Waals surface area contributed by atoms with E-state index in [1.54, 1.807) is 16.8 Å². The quantitative estimate of drug-likeness (QED) is 0.172. The highest BCUT2D eigenvalue weighted by molar-refractivity contribution is 5.56.